The van der Waals surface area contributed by atoms with Gasteiger partial charge in [0.25, 0.3) is 0 Å². The molecule has 13 atom stereocenters. The Morgan fingerprint density at radius 1 is 0.692 bits per heavy atom. The van der Waals surface area contributed by atoms with E-state index in [0.29, 0.717) is 29.6 Å². The van der Waals surface area contributed by atoms with Crippen LogP contribution in [0.15, 0.2) is 109 Å². The standard InChI is InChI=1S/C28H30FNO3.C27H30FNO3/c1-17-27-25(11-9-23-8-7-20(15-30-23)19-4-3-5-22(29)13-19)24-10-6-18(16-32-2)12-21(24)14-26(27)28(31)33-17;1-16-26-24(23-9-5-17(15-30)11-20(23)13-25(26)27(31)32-16)10-8-22-7-6-19(14-29-22)18-3-2-4-21(28)12-18/h3-5,7-9,11,13,15-17,21,24-27H,6,10,12,14H2,1-2H3;2-4,6-8,10,12,14,16-17,20,23-26,30H,5,9,11,13,15H2,1H3/b11-9+,18-16?;10-8+/t17-,21+,24-,25+,26-,27+;16-,17-,20+,23-,24+,25-,26+/m11/s1. The van der Waals surface area contributed by atoms with Gasteiger partial charge in [0.15, 0.2) is 0 Å². The van der Waals surface area contributed by atoms with Gasteiger partial charge in [-0.15, -0.1) is 0 Å². The lowest BCUT2D eigenvalue weighted by Crippen LogP contribution is -2.44. The molecule has 8 nitrogen and oxygen atoms in total. The van der Waals surface area contributed by atoms with Crippen LogP contribution >= 0.6 is 0 Å². The van der Waals surface area contributed by atoms with Crippen molar-refractivity contribution < 1.29 is 37.7 Å². The van der Waals surface area contributed by atoms with E-state index in [1.54, 1.807) is 31.6 Å². The Balaban J connectivity index is 0.000000164. The molecule has 1 N–H and O–H groups in total. The summed E-state index contributed by atoms with van der Waals surface area (Å²) >= 11 is 0. The predicted molar refractivity (Wildman–Crippen MR) is 246 cm³/mol. The van der Waals surface area contributed by atoms with Gasteiger partial charge in [0.2, 0.25) is 0 Å². The number of aromatic nitrogens is 2. The Bertz CT molecular complexity index is 2420. The van der Waals surface area contributed by atoms with Crippen LogP contribution in [0.25, 0.3) is 34.4 Å². The summed E-state index contributed by atoms with van der Waals surface area (Å²) in [5.74, 6) is 2.62. The zero-order chi connectivity index (χ0) is 45.2. The summed E-state index contributed by atoms with van der Waals surface area (Å²) in [4.78, 5) is 34.3. The molecular formula is C55H60F2N2O6. The second-order valence-corrected chi connectivity index (χ2v) is 19.4. The molecule has 6 aliphatic rings. The summed E-state index contributed by atoms with van der Waals surface area (Å²) in [5.41, 5.74) is 6.45. The molecule has 0 spiro atoms. The van der Waals surface area contributed by atoms with E-state index in [4.69, 9.17) is 14.2 Å². The number of aliphatic hydroxyl groups is 1. The number of methoxy groups -OCH3 is 1. The molecule has 340 valence electrons. The van der Waals surface area contributed by atoms with Gasteiger partial charge in [0, 0.05) is 42.0 Å². The highest BCUT2D eigenvalue weighted by atomic mass is 19.1. The zero-order valence-electron chi connectivity index (χ0n) is 37.5. The molecule has 0 radical (unpaired) electrons. The van der Waals surface area contributed by atoms with Crippen LogP contribution in [-0.4, -0.2) is 52.9 Å². The molecule has 4 heterocycles. The zero-order valence-corrected chi connectivity index (χ0v) is 37.5. The fourth-order valence-corrected chi connectivity index (χ4v) is 12.8. The first kappa shape index (κ1) is 44.7. The third-order valence-electron chi connectivity index (χ3n) is 15.7. The number of hydrogen-bond acceptors (Lipinski definition) is 8. The average Bonchev–Trinajstić information content (AvgIpc) is 3.77. The summed E-state index contributed by atoms with van der Waals surface area (Å²) < 4.78 is 43.7. The largest absolute Gasteiger partial charge is 0.504 e. The van der Waals surface area contributed by atoms with Gasteiger partial charge >= 0.3 is 11.9 Å². The number of rotatable bonds is 8. The maximum absolute atomic E-state index is 13.6. The first-order valence-corrected chi connectivity index (χ1v) is 23.6. The summed E-state index contributed by atoms with van der Waals surface area (Å²) in [6.45, 7) is 4.30. The first-order valence-electron chi connectivity index (χ1n) is 23.6. The number of carbonyl (C=O) groups is 2. The number of aliphatic hydroxyl groups excluding tert-OH is 1. The van der Waals surface area contributed by atoms with E-state index < -0.39 is 0 Å². The topological polar surface area (TPSA) is 108 Å². The van der Waals surface area contributed by atoms with Crippen LogP contribution < -0.4 is 0 Å². The Labute approximate surface area is 381 Å². The van der Waals surface area contributed by atoms with E-state index in [0.717, 1.165) is 85.0 Å². The minimum atomic E-state index is -0.258. The molecule has 4 aliphatic carbocycles. The highest BCUT2D eigenvalue weighted by molar-refractivity contribution is 5.76. The Hall–Kier alpha value is -5.48. The quantitative estimate of drug-likeness (QED) is 0.138. The number of halogens is 2. The molecule has 10 heteroatoms. The molecule has 4 aromatic rings. The lowest BCUT2D eigenvalue weighted by Gasteiger charge is -2.47. The monoisotopic (exact) mass is 882 g/mol. The van der Waals surface area contributed by atoms with Crippen LogP contribution in [0.4, 0.5) is 8.78 Å². The second-order valence-electron chi connectivity index (χ2n) is 19.4. The van der Waals surface area contributed by atoms with Gasteiger partial charge < -0.3 is 19.3 Å². The number of carbonyl (C=O) groups excluding carboxylic acids is 2. The van der Waals surface area contributed by atoms with Gasteiger partial charge in [-0.3, -0.25) is 19.6 Å². The van der Waals surface area contributed by atoms with Gasteiger partial charge in [-0.1, -0.05) is 48.6 Å². The van der Waals surface area contributed by atoms with Gasteiger partial charge in [-0.25, -0.2) is 8.78 Å². The van der Waals surface area contributed by atoms with Crippen molar-refractivity contribution in [1.29, 1.82) is 0 Å². The van der Waals surface area contributed by atoms with Gasteiger partial charge in [-0.2, -0.15) is 0 Å². The van der Waals surface area contributed by atoms with E-state index in [1.807, 2.05) is 56.5 Å². The first-order chi connectivity index (χ1) is 31.6. The molecule has 0 amide bonds. The molecule has 65 heavy (non-hydrogen) atoms. The molecule has 4 saturated carbocycles. The molecule has 0 unspecified atom stereocenters. The molecule has 6 fully saturated rings. The van der Waals surface area contributed by atoms with E-state index in [1.165, 1.54) is 29.8 Å². The van der Waals surface area contributed by atoms with E-state index in [2.05, 4.69) is 34.3 Å². The number of pyridine rings is 2. The van der Waals surface area contributed by atoms with Crippen molar-refractivity contribution in [1.82, 2.24) is 9.97 Å². The molecular weight excluding hydrogens is 823 g/mol. The number of allylic oxidation sites excluding steroid dienone is 3. The number of hydrogen-bond donors (Lipinski definition) is 1. The third-order valence-corrected chi connectivity index (χ3v) is 15.7. The lowest BCUT2D eigenvalue weighted by atomic mass is 9.56. The number of benzene rings is 2. The normalized spacial score (nSPS) is 33.3. The highest BCUT2D eigenvalue weighted by Gasteiger charge is 2.55. The van der Waals surface area contributed by atoms with Crippen molar-refractivity contribution in [2.24, 2.45) is 65.1 Å². The van der Waals surface area contributed by atoms with E-state index in [-0.39, 0.29) is 77.9 Å². The van der Waals surface area contributed by atoms with Crippen LogP contribution in [0.1, 0.15) is 76.6 Å². The maximum Gasteiger partial charge on any atom is 0.309 e. The van der Waals surface area contributed by atoms with Crippen molar-refractivity contribution in [3.8, 4) is 22.3 Å². The number of ether oxygens (including phenoxy) is 3. The molecule has 0 bridgehead atoms. The summed E-state index contributed by atoms with van der Waals surface area (Å²) in [6.07, 6.45) is 22.0. The molecule has 2 aliphatic heterocycles. The van der Waals surface area contributed by atoms with Crippen molar-refractivity contribution in [2.75, 3.05) is 13.7 Å². The number of fused-ring (bicyclic) bond motifs is 4. The Kier molecular flexibility index (Phi) is 13.4. The Morgan fingerprint density at radius 2 is 1.23 bits per heavy atom. The smallest absolute Gasteiger partial charge is 0.309 e. The molecule has 2 saturated heterocycles. The van der Waals surface area contributed by atoms with Crippen molar-refractivity contribution in [3.05, 3.63) is 132 Å². The van der Waals surface area contributed by atoms with Crippen LogP contribution in [0.3, 0.4) is 0 Å². The minimum absolute atomic E-state index is 0.0268. The van der Waals surface area contributed by atoms with Crippen molar-refractivity contribution in [3.63, 3.8) is 0 Å². The maximum atomic E-state index is 13.6. The summed E-state index contributed by atoms with van der Waals surface area (Å²) in [7, 11) is 1.70. The SMILES string of the molecule is COC=C1CC[C@@H]2[C@@H](C1)C[C@H]1C(=O)O[C@H](C)[C@H]1[C@H]2/C=C/c1ccc(-c2cccc(F)c2)cn1.C[C@H]1OC(=O)[C@@H]2C[C@@H]3C[C@H](CO)CC[C@H]3[C@H](/C=C/c3ccc(-c4cccc(F)c4)cn3)[C@H]12. The van der Waals surface area contributed by atoms with Crippen LogP contribution in [0, 0.1) is 76.7 Å². The van der Waals surface area contributed by atoms with Crippen molar-refractivity contribution >= 4 is 24.1 Å². The fourth-order valence-electron chi connectivity index (χ4n) is 12.8. The number of cyclic esters (lactones) is 2. The average molecular weight is 883 g/mol. The Morgan fingerprint density at radius 3 is 1.72 bits per heavy atom. The van der Waals surface area contributed by atoms with E-state index >= 15 is 0 Å². The van der Waals surface area contributed by atoms with E-state index in [9.17, 15) is 23.5 Å². The molecule has 2 aromatic heterocycles. The van der Waals surface area contributed by atoms with Gasteiger partial charge in [-0.05, 0) is 172 Å². The summed E-state index contributed by atoms with van der Waals surface area (Å²) in [6, 6.07) is 20.9. The van der Waals surface area contributed by atoms with Gasteiger partial charge in [0.05, 0.1) is 36.6 Å². The van der Waals surface area contributed by atoms with Crippen LogP contribution in [0.2, 0.25) is 0 Å². The summed E-state index contributed by atoms with van der Waals surface area (Å²) in [5, 5.41) is 9.67. The van der Waals surface area contributed by atoms with Gasteiger partial charge in [0.1, 0.15) is 23.8 Å². The lowest BCUT2D eigenvalue weighted by molar-refractivity contribution is -0.145. The highest BCUT2D eigenvalue weighted by Crippen LogP contribution is 2.56. The van der Waals surface area contributed by atoms with Crippen LogP contribution in [0.5, 0.6) is 0 Å². The van der Waals surface area contributed by atoms with Crippen LogP contribution in [-0.2, 0) is 23.8 Å². The predicted octanol–water partition coefficient (Wildman–Crippen LogP) is 11.2. The number of nitrogens with zero attached hydrogens (tertiary/aromatic N) is 2. The second kappa shape index (κ2) is 19.5. The fraction of sp³-hybridized carbons (Fsp3) is 0.455. The number of esters is 2. The third kappa shape index (κ3) is 9.60. The molecule has 10 rings (SSSR count). The van der Waals surface area contributed by atoms with Crippen molar-refractivity contribution in [2.45, 2.75) is 77.4 Å². The minimum Gasteiger partial charge on any atom is -0.504 e. The molecule has 2 aromatic carbocycles.